The van der Waals surface area contributed by atoms with Gasteiger partial charge in [0.2, 0.25) is 0 Å². The molecule has 0 bridgehead atoms. The SMILES string of the molecule is CS(=O)(=O)[C@H]1CCC[C@H](NC(=O)c2ccc(CN)nc2C2CC2)C1. The van der Waals surface area contributed by atoms with Crippen molar-refractivity contribution < 1.29 is 13.2 Å². The van der Waals surface area contributed by atoms with Crippen molar-refractivity contribution in [3.05, 3.63) is 29.1 Å². The molecule has 1 aromatic rings. The van der Waals surface area contributed by atoms with Crippen LogP contribution in [0.5, 0.6) is 0 Å². The highest BCUT2D eigenvalue weighted by Crippen LogP contribution is 2.40. The number of sulfone groups is 1. The minimum absolute atomic E-state index is 0.0905. The van der Waals surface area contributed by atoms with Crippen LogP contribution in [0.4, 0.5) is 0 Å². The molecular formula is C17H25N3O3S. The monoisotopic (exact) mass is 351 g/mol. The average molecular weight is 351 g/mol. The summed E-state index contributed by atoms with van der Waals surface area (Å²) < 4.78 is 23.6. The second kappa shape index (κ2) is 6.80. The lowest BCUT2D eigenvalue weighted by molar-refractivity contribution is 0.0926. The minimum Gasteiger partial charge on any atom is -0.349 e. The number of nitrogens with zero attached hydrogens (tertiary/aromatic N) is 1. The zero-order valence-electron chi connectivity index (χ0n) is 14.0. The molecule has 2 atom stereocenters. The Morgan fingerprint density at radius 2 is 2.04 bits per heavy atom. The lowest BCUT2D eigenvalue weighted by Crippen LogP contribution is -2.42. The second-order valence-corrected chi connectivity index (χ2v) is 9.33. The summed E-state index contributed by atoms with van der Waals surface area (Å²) in [6.07, 6.45) is 6.22. The van der Waals surface area contributed by atoms with Crippen molar-refractivity contribution in [2.75, 3.05) is 6.26 Å². The van der Waals surface area contributed by atoms with Crippen molar-refractivity contribution in [2.24, 2.45) is 5.73 Å². The molecule has 1 aromatic heterocycles. The van der Waals surface area contributed by atoms with Crippen LogP contribution in [0.25, 0.3) is 0 Å². The van der Waals surface area contributed by atoms with Crippen molar-refractivity contribution in [1.82, 2.24) is 10.3 Å². The molecule has 2 fully saturated rings. The Bertz CT molecular complexity index is 729. The quantitative estimate of drug-likeness (QED) is 0.837. The predicted octanol–water partition coefficient (Wildman–Crippen LogP) is 1.50. The van der Waals surface area contributed by atoms with E-state index in [2.05, 4.69) is 10.3 Å². The van der Waals surface area contributed by atoms with Gasteiger partial charge in [0.25, 0.3) is 5.91 Å². The van der Waals surface area contributed by atoms with Crippen molar-refractivity contribution in [3.8, 4) is 0 Å². The maximum atomic E-state index is 12.7. The molecule has 2 saturated carbocycles. The van der Waals surface area contributed by atoms with Gasteiger partial charge in [-0.15, -0.1) is 0 Å². The first-order valence-corrected chi connectivity index (χ1v) is 10.5. The Balaban J connectivity index is 1.73. The standard InChI is InChI=1S/C17H25N3O3S/c1-24(22,23)14-4-2-3-12(9-14)20-17(21)15-8-7-13(10-18)19-16(15)11-5-6-11/h7-8,11-12,14H,2-6,9-10,18H2,1H3,(H,20,21)/t12-,14-/m0/s1. The topological polar surface area (TPSA) is 102 Å². The first kappa shape index (κ1) is 17.4. The maximum absolute atomic E-state index is 12.7. The van der Waals surface area contributed by atoms with Crippen molar-refractivity contribution in [1.29, 1.82) is 0 Å². The summed E-state index contributed by atoms with van der Waals surface area (Å²) in [5, 5.41) is 2.67. The number of pyridine rings is 1. The van der Waals surface area contributed by atoms with Gasteiger partial charge in [-0.25, -0.2) is 8.42 Å². The van der Waals surface area contributed by atoms with Crippen molar-refractivity contribution in [3.63, 3.8) is 0 Å². The Morgan fingerprint density at radius 1 is 1.29 bits per heavy atom. The van der Waals surface area contributed by atoms with Gasteiger partial charge in [0, 0.05) is 24.8 Å². The van der Waals surface area contributed by atoms with Crippen LogP contribution in [-0.2, 0) is 16.4 Å². The summed E-state index contributed by atoms with van der Waals surface area (Å²) in [6, 6.07) is 3.50. The lowest BCUT2D eigenvalue weighted by Gasteiger charge is -2.28. The molecule has 0 aliphatic heterocycles. The van der Waals surface area contributed by atoms with Gasteiger partial charge in [-0.05, 0) is 44.2 Å². The van der Waals surface area contributed by atoms with E-state index in [-0.39, 0.29) is 17.2 Å². The van der Waals surface area contributed by atoms with Gasteiger partial charge < -0.3 is 11.1 Å². The van der Waals surface area contributed by atoms with Crippen LogP contribution in [0.15, 0.2) is 12.1 Å². The smallest absolute Gasteiger partial charge is 0.253 e. The van der Waals surface area contributed by atoms with Crippen LogP contribution in [0.1, 0.15) is 66.2 Å². The molecule has 24 heavy (non-hydrogen) atoms. The molecule has 0 unspecified atom stereocenters. The third-order valence-corrected chi connectivity index (χ3v) is 6.61. The largest absolute Gasteiger partial charge is 0.349 e. The summed E-state index contributed by atoms with van der Waals surface area (Å²) in [4.78, 5) is 17.2. The molecule has 1 heterocycles. The van der Waals surface area contributed by atoms with E-state index in [1.54, 1.807) is 12.1 Å². The second-order valence-electron chi connectivity index (χ2n) is 7.00. The van der Waals surface area contributed by atoms with E-state index in [0.717, 1.165) is 37.1 Å². The molecule has 0 spiro atoms. The Morgan fingerprint density at radius 3 is 2.67 bits per heavy atom. The van der Waals surface area contributed by atoms with Crippen LogP contribution in [0.2, 0.25) is 0 Å². The highest BCUT2D eigenvalue weighted by atomic mass is 32.2. The molecule has 2 aliphatic rings. The van der Waals surface area contributed by atoms with Gasteiger partial charge >= 0.3 is 0 Å². The average Bonchev–Trinajstić information content (AvgIpc) is 3.38. The number of nitrogens with one attached hydrogen (secondary N) is 1. The fourth-order valence-electron chi connectivity index (χ4n) is 3.42. The Hall–Kier alpha value is -1.47. The minimum atomic E-state index is -3.06. The van der Waals surface area contributed by atoms with E-state index in [0.29, 0.717) is 30.9 Å². The first-order chi connectivity index (χ1) is 11.4. The van der Waals surface area contributed by atoms with Crippen LogP contribution < -0.4 is 11.1 Å². The Labute approximate surface area is 143 Å². The number of amides is 1. The van der Waals surface area contributed by atoms with E-state index in [9.17, 15) is 13.2 Å². The summed E-state index contributed by atoms with van der Waals surface area (Å²) in [7, 11) is -3.06. The number of carbonyl (C=O) groups is 1. The molecule has 3 rings (SSSR count). The zero-order valence-corrected chi connectivity index (χ0v) is 14.8. The van der Waals surface area contributed by atoms with Crippen LogP contribution in [0, 0.1) is 0 Å². The number of hydrogen-bond donors (Lipinski definition) is 2. The third-order valence-electron chi connectivity index (χ3n) is 4.97. The van der Waals surface area contributed by atoms with Crippen molar-refractivity contribution in [2.45, 2.75) is 62.3 Å². The van der Waals surface area contributed by atoms with Gasteiger partial charge in [-0.3, -0.25) is 9.78 Å². The summed E-state index contributed by atoms with van der Waals surface area (Å²) in [6.45, 7) is 0.361. The molecule has 0 radical (unpaired) electrons. The van der Waals surface area contributed by atoms with Crippen molar-refractivity contribution >= 4 is 15.7 Å². The van der Waals surface area contributed by atoms with Gasteiger partial charge in [-0.1, -0.05) is 6.42 Å². The fourth-order valence-corrected chi connectivity index (χ4v) is 4.60. The van der Waals surface area contributed by atoms with Gasteiger partial charge in [0.05, 0.1) is 22.2 Å². The number of hydrogen-bond acceptors (Lipinski definition) is 5. The molecule has 6 nitrogen and oxygen atoms in total. The third kappa shape index (κ3) is 3.95. The molecule has 0 saturated heterocycles. The lowest BCUT2D eigenvalue weighted by atomic mass is 9.94. The van der Waals surface area contributed by atoms with Gasteiger partial charge in [-0.2, -0.15) is 0 Å². The molecule has 132 valence electrons. The first-order valence-electron chi connectivity index (χ1n) is 8.58. The fraction of sp³-hybridized carbons (Fsp3) is 0.647. The number of aromatic nitrogens is 1. The molecular weight excluding hydrogens is 326 g/mol. The van der Waals surface area contributed by atoms with Gasteiger partial charge in [0.1, 0.15) is 9.84 Å². The van der Waals surface area contributed by atoms with Crippen LogP contribution >= 0.6 is 0 Å². The number of nitrogens with two attached hydrogens (primary N) is 1. The van der Waals surface area contributed by atoms with E-state index in [1.165, 1.54) is 6.26 Å². The van der Waals surface area contributed by atoms with E-state index in [1.807, 2.05) is 0 Å². The van der Waals surface area contributed by atoms with E-state index in [4.69, 9.17) is 5.73 Å². The Kier molecular flexibility index (Phi) is 4.92. The van der Waals surface area contributed by atoms with E-state index < -0.39 is 9.84 Å². The molecule has 3 N–H and O–H groups in total. The molecule has 0 aromatic carbocycles. The van der Waals surface area contributed by atoms with E-state index >= 15 is 0 Å². The number of carbonyl (C=O) groups excluding carboxylic acids is 1. The highest BCUT2D eigenvalue weighted by Gasteiger charge is 2.32. The predicted molar refractivity (Wildman–Crippen MR) is 92.5 cm³/mol. The zero-order chi connectivity index (χ0) is 17.3. The maximum Gasteiger partial charge on any atom is 0.253 e. The summed E-state index contributed by atoms with van der Waals surface area (Å²) in [5.74, 6) is 0.208. The molecule has 2 aliphatic carbocycles. The summed E-state index contributed by atoms with van der Waals surface area (Å²) >= 11 is 0. The summed E-state index contributed by atoms with van der Waals surface area (Å²) in [5.41, 5.74) is 7.89. The normalized spacial score (nSPS) is 24.6. The molecule has 1 amide bonds. The highest BCUT2D eigenvalue weighted by molar-refractivity contribution is 7.91. The van der Waals surface area contributed by atoms with Gasteiger partial charge in [0.15, 0.2) is 0 Å². The number of rotatable bonds is 5. The van der Waals surface area contributed by atoms with Crippen LogP contribution in [-0.4, -0.2) is 36.9 Å². The molecule has 7 heteroatoms. The van der Waals surface area contributed by atoms with Crippen LogP contribution in [0.3, 0.4) is 0 Å².